The molecule has 2 amide bonds. The monoisotopic (exact) mass is 529 g/mol. The fourth-order valence-electron chi connectivity index (χ4n) is 3.08. The highest BCUT2D eigenvalue weighted by atomic mass is 35.5. The maximum atomic E-state index is 12.7. The molecular weight excluding hydrogens is 506 g/mol. The molecule has 36 heavy (non-hydrogen) atoms. The molecule has 0 unspecified atom stereocenters. The van der Waals surface area contributed by atoms with Gasteiger partial charge in [-0.3, -0.25) is 9.59 Å². The van der Waals surface area contributed by atoms with Crippen LogP contribution in [0.2, 0.25) is 5.02 Å². The average Bonchev–Trinajstić information content (AvgIpc) is 2.87. The van der Waals surface area contributed by atoms with E-state index in [9.17, 15) is 22.8 Å². The molecule has 0 radical (unpaired) electrons. The van der Waals surface area contributed by atoms with Gasteiger partial charge in [-0.1, -0.05) is 48.9 Å². The summed E-state index contributed by atoms with van der Waals surface area (Å²) in [6.07, 6.45) is 2.35. The maximum absolute atomic E-state index is 12.7. The van der Waals surface area contributed by atoms with Crippen molar-refractivity contribution in [1.29, 1.82) is 0 Å². The van der Waals surface area contributed by atoms with E-state index in [-0.39, 0.29) is 33.3 Å². The van der Waals surface area contributed by atoms with Crippen LogP contribution in [0.4, 0.5) is 0 Å². The SMILES string of the molecule is CCCOC(=O)c1ccc(C(=O)NS(=O)(=O)c2ccc(C(=O)NCCc3ccccc3)cc2Cl)cn1. The van der Waals surface area contributed by atoms with Gasteiger partial charge in [-0.05, 0) is 48.7 Å². The number of hydrogen-bond acceptors (Lipinski definition) is 7. The molecule has 0 aliphatic rings. The number of ether oxygens (including phenoxy) is 1. The van der Waals surface area contributed by atoms with E-state index < -0.39 is 27.8 Å². The van der Waals surface area contributed by atoms with Gasteiger partial charge in [-0.25, -0.2) is 22.9 Å². The van der Waals surface area contributed by atoms with Crippen LogP contribution in [0.1, 0.15) is 50.1 Å². The number of carbonyl (C=O) groups excluding carboxylic acids is 3. The Morgan fingerprint density at radius 2 is 1.69 bits per heavy atom. The molecule has 2 N–H and O–H groups in total. The number of benzene rings is 2. The lowest BCUT2D eigenvalue weighted by molar-refractivity contribution is 0.0497. The molecule has 0 saturated carbocycles. The summed E-state index contributed by atoms with van der Waals surface area (Å²) in [5, 5.41) is 2.53. The number of hydrogen-bond donors (Lipinski definition) is 2. The number of esters is 1. The number of aromatic nitrogens is 1. The van der Waals surface area contributed by atoms with E-state index in [4.69, 9.17) is 16.3 Å². The molecule has 3 rings (SSSR count). The third-order valence-electron chi connectivity index (χ3n) is 4.92. The largest absolute Gasteiger partial charge is 0.461 e. The summed E-state index contributed by atoms with van der Waals surface area (Å²) in [5.41, 5.74) is 1.14. The second-order valence-electron chi connectivity index (χ2n) is 7.64. The summed E-state index contributed by atoms with van der Waals surface area (Å²) in [6.45, 7) is 2.46. The number of nitrogens with zero attached hydrogens (tertiary/aromatic N) is 1. The molecule has 0 aliphatic heterocycles. The normalized spacial score (nSPS) is 10.9. The zero-order valence-corrected chi connectivity index (χ0v) is 20.9. The van der Waals surface area contributed by atoms with Crippen LogP contribution in [0, 0.1) is 0 Å². The van der Waals surface area contributed by atoms with Gasteiger partial charge in [0, 0.05) is 18.3 Å². The average molecular weight is 530 g/mol. The Balaban J connectivity index is 1.63. The molecule has 0 spiro atoms. The molecule has 0 saturated heterocycles. The Bertz CT molecular complexity index is 1350. The number of nitrogens with one attached hydrogen (secondary N) is 2. The van der Waals surface area contributed by atoms with Crippen LogP contribution in [0.25, 0.3) is 0 Å². The minimum Gasteiger partial charge on any atom is -0.461 e. The predicted octanol–water partition coefficient (Wildman–Crippen LogP) is 3.39. The first-order chi connectivity index (χ1) is 17.2. The highest BCUT2D eigenvalue weighted by Gasteiger charge is 2.23. The van der Waals surface area contributed by atoms with Crippen LogP contribution in [0.15, 0.2) is 71.8 Å². The van der Waals surface area contributed by atoms with Crippen molar-refractivity contribution < 1.29 is 27.5 Å². The van der Waals surface area contributed by atoms with E-state index in [2.05, 4.69) is 10.3 Å². The third-order valence-corrected chi connectivity index (χ3v) is 6.74. The minimum atomic E-state index is -4.35. The Labute approximate surface area is 213 Å². The summed E-state index contributed by atoms with van der Waals surface area (Å²) >= 11 is 6.14. The first-order valence-electron chi connectivity index (χ1n) is 11.0. The zero-order chi connectivity index (χ0) is 26.1. The van der Waals surface area contributed by atoms with Gasteiger partial charge in [-0.15, -0.1) is 0 Å². The van der Waals surface area contributed by atoms with E-state index in [1.165, 1.54) is 24.3 Å². The Morgan fingerprint density at radius 1 is 0.972 bits per heavy atom. The second-order valence-corrected chi connectivity index (χ2v) is 9.70. The molecule has 0 atom stereocenters. The van der Waals surface area contributed by atoms with Crippen LogP contribution < -0.4 is 10.0 Å². The van der Waals surface area contributed by atoms with Crippen LogP contribution in [0.3, 0.4) is 0 Å². The smallest absolute Gasteiger partial charge is 0.356 e. The number of halogens is 1. The number of pyridine rings is 1. The van der Waals surface area contributed by atoms with Gasteiger partial charge in [0.25, 0.3) is 21.8 Å². The third kappa shape index (κ3) is 7.12. The van der Waals surface area contributed by atoms with Crippen molar-refractivity contribution in [3.8, 4) is 0 Å². The molecule has 0 aliphatic carbocycles. The molecule has 9 nitrogen and oxygen atoms in total. The van der Waals surface area contributed by atoms with Gasteiger partial charge in [-0.2, -0.15) is 0 Å². The Kier molecular flexibility index (Phi) is 9.15. The molecule has 0 fully saturated rings. The first kappa shape index (κ1) is 26.8. The van der Waals surface area contributed by atoms with Gasteiger partial charge in [0.2, 0.25) is 0 Å². The second kappa shape index (κ2) is 12.3. The topological polar surface area (TPSA) is 132 Å². The van der Waals surface area contributed by atoms with E-state index >= 15 is 0 Å². The summed E-state index contributed by atoms with van der Waals surface area (Å²) in [4.78, 5) is 40.2. The fourth-order valence-corrected chi connectivity index (χ4v) is 4.60. The molecule has 0 bridgehead atoms. The summed E-state index contributed by atoms with van der Waals surface area (Å²) in [5.74, 6) is -2.02. The molecule has 188 valence electrons. The van der Waals surface area contributed by atoms with Crippen molar-refractivity contribution >= 4 is 39.4 Å². The molecule has 11 heteroatoms. The van der Waals surface area contributed by atoms with Crippen molar-refractivity contribution in [2.75, 3.05) is 13.2 Å². The predicted molar refractivity (Wildman–Crippen MR) is 133 cm³/mol. The first-order valence-corrected chi connectivity index (χ1v) is 12.9. The summed E-state index contributed by atoms with van der Waals surface area (Å²) < 4.78 is 32.3. The fraction of sp³-hybridized carbons (Fsp3) is 0.200. The van der Waals surface area contributed by atoms with E-state index in [1.54, 1.807) is 0 Å². The highest BCUT2D eigenvalue weighted by Crippen LogP contribution is 2.23. The van der Waals surface area contributed by atoms with E-state index in [1.807, 2.05) is 42.0 Å². The number of carbonyl (C=O) groups is 3. The van der Waals surface area contributed by atoms with Crippen LogP contribution in [0.5, 0.6) is 0 Å². The molecule has 1 aromatic heterocycles. The minimum absolute atomic E-state index is 0.0106. The van der Waals surface area contributed by atoms with Crippen molar-refractivity contribution in [2.24, 2.45) is 0 Å². The zero-order valence-electron chi connectivity index (χ0n) is 19.4. The highest BCUT2D eigenvalue weighted by molar-refractivity contribution is 7.90. The maximum Gasteiger partial charge on any atom is 0.356 e. The van der Waals surface area contributed by atoms with Crippen LogP contribution in [-0.4, -0.2) is 44.3 Å². The lowest BCUT2D eigenvalue weighted by Gasteiger charge is -2.11. The lowest BCUT2D eigenvalue weighted by Crippen LogP contribution is -2.31. The van der Waals surface area contributed by atoms with Gasteiger partial charge >= 0.3 is 5.97 Å². The van der Waals surface area contributed by atoms with Gasteiger partial charge in [0.05, 0.1) is 17.2 Å². The lowest BCUT2D eigenvalue weighted by atomic mass is 10.1. The molecule has 3 aromatic rings. The number of sulfonamides is 1. The van der Waals surface area contributed by atoms with E-state index in [0.717, 1.165) is 17.8 Å². The summed E-state index contributed by atoms with van der Waals surface area (Å²) in [7, 11) is -4.35. The molecule has 2 aromatic carbocycles. The van der Waals surface area contributed by atoms with Gasteiger partial charge in [0.15, 0.2) is 0 Å². The summed E-state index contributed by atoms with van der Waals surface area (Å²) in [6, 6.07) is 15.8. The van der Waals surface area contributed by atoms with Crippen LogP contribution in [-0.2, 0) is 21.2 Å². The van der Waals surface area contributed by atoms with Crippen molar-refractivity contribution in [1.82, 2.24) is 15.0 Å². The van der Waals surface area contributed by atoms with Gasteiger partial charge < -0.3 is 10.1 Å². The van der Waals surface area contributed by atoms with Crippen molar-refractivity contribution in [2.45, 2.75) is 24.7 Å². The Hall–Kier alpha value is -3.76. The quantitative estimate of drug-likeness (QED) is 0.385. The van der Waals surface area contributed by atoms with E-state index in [0.29, 0.717) is 19.4 Å². The standard InChI is InChI=1S/C25H24ClN3O6S/c1-2-14-35-25(32)21-10-8-19(16-28-21)24(31)29-36(33,34)22-11-9-18(15-20(22)26)23(30)27-13-12-17-6-4-3-5-7-17/h3-11,15-16H,2,12-14H2,1H3,(H,27,30)(H,29,31). The van der Waals surface area contributed by atoms with Gasteiger partial charge in [0.1, 0.15) is 10.6 Å². The van der Waals surface area contributed by atoms with Crippen molar-refractivity contribution in [3.05, 3.63) is 94.3 Å². The number of amides is 2. The van der Waals surface area contributed by atoms with Crippen molar-refractivity contribution in [3.63, 3.8) is 0 Å². The molecule has 1 heterocycles. The number of rotatable bonds is 10. The molecular formula is C25H24ClN3O6S. The Morgan fingerprint density at radius 3 is 2.33 bits per heavy atom. The van der Waals surface area contributed by atoms with Crippen LogP contribution >= 0.6 is 11.6 Å².